The van der Waals surface area contributed by atoms with Gasteiger partial charge in [-0.2, -0.15) is 0 Å². The maximum absolute atomic E-state index is 9.57. The van der Waals surface area contributed by atoms with Crippen molar-refractivity contribution in [3.8, 4) is 5.75 Å². The van der Waals surface area contributed by atoms with Crippen molar-refractivity contribution in [2.45, 2.75) is 0 Å². The Morgan fingerprint density at radius 3 is 2.92 bits per heavy atom. The topological polar surface area (TPSA) is 33.1 Å². The van der Waals surface area contributed by atoms with E-state index < -0.39 is 0 Å². The summed E-state index contributed by atoms with van der Waals surface area (Å²) in [4.78, 5) is 3.93. The summed E-state index contributed by atoms with van der Waals surface area (Å²) in [6.07, 6.45) is 3.35. The van der Waals surface area contributed by atoms with Gasteiger partial charge in [-0.25, -0.2) is 0 Å². The first kappa shape index (κ1) is 7.55. The van der Waals surface area contributed by atoms with Crippen LogP contribution in [0.25, 0.3) is 10.8 Å². The van der Waals surface area contributed by atoms with E-state index in [0.29, 0.717) is 4.47 Å². The molecule has 0 spiro atoms. The molecule has 60 valence electrons. The van der Waals surface area contributed by atoms with Crippen molar-refractivity contribution in [3.05, 3.63) is 35.1 Å². The molecule has 0 fully saturated rings. The van der Waals surface area contributed by atoms with E-state index in [1.165, 1.54) is 0 Å². The Labute approximate surface area is 78.0 Å². The SMILES string of the molecule is Oc1c(Br)ccc2ccncc12. The molecule has 1 aromatic carbocycles. The second kappa shape index (κ2) is 2.75. The second-order valence-electron chi connectivity index (χ2n) is 2.49. The van der Waals surface area contributed by atoms with E-state index in [0.717, 1.165) is 10.8 Å². The third-order valence-electron chi connectivity index (χ3n) is 1.75. The summed E-state index contributed by atoms with van der Waals surface area (Å²) in [5, 5.41) is 11.3. The summed E-state index contributed by atoms with van der Waals surface area (Å²) in [6.45, 7) is 0. The highest BCUT2D eigenvalue weighted by atomic mass is 79.9. The van der Waals surface area contributed by atoms with E-state index in [1.807, 2.05) is 18.2 Å². The smallest absolute Gasteiger partial charge is 0.139 e. The Morgan fingerprint density at radius 2 is 2.08 bits per heavy atom. The number of benzene rings is 1. The van der Waals surface area contributed by atoms with Crippen LogP contribution in [0, 0.1) is 0 Å². The van der Waals surface area contributed by atoms with Gasteiger partial charge in [-0.3, -0.25) is 4.98 Å². The molecule has 1 aromatic heterocycles. The van der Waals surface area contributed by atoms with Gasteiger partial charge in [0.25, 0.3) is 0 Å². The van der Waals surface area contributed by atoms with Crippen molar-refractivity contribution in [1.29, 1.82) is 0 Å². The van der Waals surface area contributed by atoms with Crippen LogP contribution in [0.3, 0.4) is 0 Å². The first-order valence-electron chi connectivity index (χ1n) is 3.50. The number of aromatic nitrogens is 1. The molecule has 2 aromatic rings. The molecule has 1 N–H and O–H groups in total. The Kier molecular flexibility index (Phi) is 1.73. The lowest BCUT2D eigenvalue weighted by molar-refractivity contribution is 0.478. The molecule has 1 heterocycles. The summed E-state index contributed by atoms with van der Waals surface area (Å²) in [5.41, 5.74) is 0. The lowest BCUT2D eigenvalue weighted by atomic mass is 10.2. The molecule has 0 unspecified atom stereocenters. The number of fused-ring (bicyclic) bond motifs is 1. The van der Waals surface area contributed by atoms with Gasteiger partial charge < -0.3 is 5.11 Å². The van der Waals surface area contributed by atoms with Gasteiger partial charge in [-0.15, -0.1) is 0 Å². The van der Waals surface area contributed by atoms with Gasteiger partial charge in [0, 0.05) is 17.8 Å². The Morgan fingerprint density at radius 1 is 1.25 bits per heavy atom. The minimum Gasteiger partial charge on any atom is -0.506 e. The number of phenols is 1. The summed E-state index contributed by atoms with van der Waals surface area (Å²) in [7, 11) is 0. The molecular formula is C9H6BrNO. The van der Waals surface area contributed by atoms with Crippen LogP contribution in [0.5, 0.6) is 5.75 Å². The van der Waals surface area contributed by atoms with Crippen LogP contribution in [0.1, 0.15) is 0 Å². The lowest BCUT2D eigenvalue weighted by Crippen LogP contribution is -1.76. The van der Waals surface area contributed by atoms with E-state index in [4.69, 9.17) is 0 Å². The van der Waals surface area contributed by atoms with Crippen molar-refractivity contribution in [3.63, 3.8) is 0 Å². The summed E-state index contributed by atoms with van der Waals surface area (Å²) in [5.74, 6) is 0.251. The summed E-state index contributed by atoms with van der Waals surface area (Å²) in [6, 6.07) is 5.61. The van der Waals surface area contributed by atoms with Crippen molar-refractivity contribution in [2.75, 3.05) is 0 Å². The maximum atomic E-state index is 9.57. The number of phenolic OH excluding ortho intramolecular Hbond substituents is 1. The quantitative estimate of drug-likeness (QED) is 0.746. The van der Waals surface area contributed by atoms with Crippen molar-refractivity contribution >= 4 is 26.7 Å². The molecular weight excluding hydrogens is 218 g/mol. The third-order valence-corrected chi connectivity index (χ3v) is 2.39. The average Bonchev–Trinajstić information content (AvgIpc) is 2.12. The van der Waals surface area contributed by atoms with Crippen LogP contribution in [0.2, 0.25) is 0 Å². The monoisotopic (exact) mass is 223 g/mol. The van der Waals surface area contributed by atoms with Crippen LogP contribution >= 0.6 is 15.9 Å². The summed E-state index contributed by atoms with van der Waals surface area (Å²) < 4.78 is 0.697. The normalized spacial score (nSPS) is 10.4. The zero-order valence-corrected chi connectivity index (χ0v) is 7.75. The first-order chi connectivity index (χ1) is 5.79. The van der Waals surface area contributed by atoms with Gasteiger partial charge in [0.05, 0.1) is 4.47 Å². The fourth-order valence-corrected chi connectivity index (χ4v) is 1.46. The highest BCUT2D eigenvalue weighted by Crippen LogP contribution is 2.31. The number of pyridine rings is 1. The Hall–Kier alpha value is -1.09. The fourth-order valence-electron chi connectivity index (χ4n) is 1.12. The predicted molar refractivity (Wildman–Crippen MR) is 51.1 cm³/mol. The van der Waals surface area contributed by atoms with Crippen LogP contribution in [0.4, 0.5) is 0 Å². The molecule has 0 saturated heterocycles. The van der Waals surface area contributed by atoms with Gasteiger partial charge in [-0.1, -0.05) is 6.07 Å². The number of hydrogen-bond acceptors (Lipinski definition) is 2. The molecule has 0 atom stereocenters. The molecule has 0 bridgehead atoms. The number of nitrogens with zero attached hydrogens (tertiary/aromatic N) is 1. The van der Waals surface area contributed by atoms with Crippen molar-refractivity contribution < 1.29 is 5.11 Å². The van der Waals surface area contributed by atoms with E-state index in [1.54, 1.807) is 12.4 Å². The molecule has 0 aliphatic heterocycles. The van der Waals surface area contributed by atoms with Crippen LogP contribution in [0.15, 0.2) is 35.1 Å². The van der Waals surface area contributed by atoms with Crippen molar-refractivity contribution in [1.82, 2.24) is 4.98 Å². The number of halogens is 1. The van der Waals surface area contributed by atoms with E-state index in [2.05, 4.69) is 20.9 Å². The largest absolute Gasteiger partial charge is 0.506 e. The number of rotatable bonds is 0. The predicted octanol–water partition coefficient (Wildman–Crippen LogP) is 2.70. The van der Waals surface area contributed by atoms with Crippen LogP contribution < -0.4 is 0 Å². The Balaban J connectivity index is 2.91. The lowest BCUT2D eigenvalue weighted by Gasteiger charge is -2.00. The molecule has 0 radical (unpaired) electrons. The average molecular weight is 224 g/mol. The molecule has 0 saturated carbocycles. The third kappa shape index (κ3) is 1.06. The number of hydrogen-bond donors (Lipinski definition) is 1. The van der Waals surface area contributed by atoms with Crippen molar-refractivity contribution in [2.24, 2.45) is 0 Å². The molecule has 12 heavy (non-hydrogen) atoms. The van der Waals surface area contributed by atoms with Gasteiger partial charge in [0.2, 0.25) is 0 Å². The van der Waals surface area contributed by atoms with Gasteiger partial charge in [0.15, 0.2) is 0 Å². The fraction of sp³-hybridized carbons (Fsp3) is 0. The molecule has 3 heteroatoms. The standard InChI is InChI=1S/C9H6BrNO/c10-8-2-1-6-3-4-11-5-7(6)9(8)12/h1-5,12H. The van der Waals surface area contributed by atoms with Gasteiger partial charge in [0.1, 0.15) is 5.75 Å². The minimum atomic E-state index is 0.251. The molecule has 0 amide bonds. The second-order valence-corrected chi connectivity index (χ2v) is 3.35. The maximum Gasteiger partial charge on any atom is 0.139 e. The van der Waals surface area contributed by atoms with Crippen LogP contribution in [-0.4, -0.2) is 10.1 Å². The Bertz CT molecular complexity index is 428. The zero-order valence-electron chi connectivity index (χ0n) is 6.16. The molecule has 2 rings (SSSR count). The molecule has 0 aliphatic carbocycles. The first-order valence-corrected chi connectivity index (χ1v) is 4.29. The number of aromatic hydroxyl groups is 1. The summed E-state index contributed by atoms with van der Waals surface area (Å²) >= 11 is 3.24. The minimum absolute atomic E-state index is 0.251. The zero-order chi connectivity index (χ0) is 8.55. The van der Waals surface area contributed by atoms with E-state index in [9.17, 15) is 5.11 Å². The molecule has 0 aliphatic rings. The molecule has 2 nitrogen and oxygen atoms in total. The highest BCUT2D eigenvalue weighted by molar-refractivity contribution is 9.10. The van der Waals surface area contributed by atoms with Gasteiger partial charge in [-0.05, 0) is 33.4 Å². The van der Waals surface area contributed by atoms with Gasteiger partial charge >= 0.3 is 0 Å². The van der Waals surface area contributed by atoms with E-state index >= 15 is 0 Å². The van der Waals surface area contributed by atoms with Crippen LogP contribution in [-0.2, 0) is 0 Å². The highest BCUT2D eigenvalue weighted by Gasteiger charge is 2.02. The van der Waals surface area contributed by atoms with E-state index in [-0.39, 0.29) is 5.75 Å².